The lowest BCUT2D eigenvalue weighted by atomic mass is 10.1. The number of benzene rings is 2. The minimum absolute atomic E-state index is 0.0333. The van der Waals surface area contributed by atoms with Gasteiger partial charge in [-0.05, 0) is 36.8 Å². The molecule has 0 aliphatic rings. The van der Waals surface area contributed by atoms with E-state index in [1.54, 1.807) is 12.1 Å². The smallest absolute Gasteiger partial charge is 0.131 e. The third-order valence-corrected chi connectivity index (χ3v) is 3.53. The number of nitrogens with one attached hydrogen (secondary N) is 1. The zero-order valence-corrected chi connectivity index (χ0v) is 12.2. The molecule has 2 aromatic rings. The van der Waals surface area contributed by atoms with Gasteiger partial charge in [0.25, 0.3) is 0 Å². The summed E-state index contributed by atoms with van der Waals surface area (Å²) < 4.78 is 27.1. The normalized spacial score (nSPS) is 14.0. The first kappa shape index (κ1) is 15.9. The van der Waals surface area contributed by atoms with Crippen molar-refractivity contribution in [3.05, 3.63) is 70.2 Å². The van der Waals surface area contributed by atoms with Crippen LogP contribution in [0, 0.1) is 11.6 Å². The van der Waals surface area contributed by atoms with Gasteiger partial charge in [0.2, 0.25) is 0 Å². The highest BCUT2D eigenvalue weighted by molar-refractivity contribution is 6.30. The van der Waals surface area contributed by atoms with Crippen LogP contribution in [0.2, 0.25) is 5.02 Å². The van der Waals surface area contributed by atoms with E-state index in [4.69, 9.17) is 11.6 Å². The van der Waals surface area contributed by atoms with Crippen molar-refractivity contribution in [1.82, 2.24) is 5.32 Å². The molecule has 2 aromatic carbocycles. The molecule has 0 amide bonds. The largest absolute Gasteiger partial charge is 0.387 e. The van der Waals surface area contributed by atoms with Crippen LogP contribution in [-0.4, -0.2) is 11.7 Å². The predicted octanol–water partition coefficient (Wildman–Crippen LogP) is 4.00. The van der Waals surface area contributed by atoms with Crippen LogP contribution in [0.4, 0.5) is 8.78 Å². The van der Waals surface area contributed by atoms with Crippen LogP contribution in [0.3, 0.4) is 0 Å². The van der Waals surface area contributed by atoms with Crippen molar-refractivity contribution in [3.63, 3.8) is 0 Å². The van der Waals surface area contributed by atoms with Gasteiger partial charge in [-0.2, -0.15) is 0 Å². The van der Waals surface area contributed by atoms with Gasteiger partial charge in [-0.3, -0.25) is 0 Å². The maximum absolute atomic E-state index is 13.6. The fourth-order valence-electron chi connectivity index (χ4n) is 2.11. The average molecular weight is 312 g/mol. The number of halogens is 3. The van der Waals surface area contributed by atoms with E-state index in [0.29, 0.717) is 5.02 Å². The lowest BCUT2D eigenvalue weighted by Gasteiger charge is -2.18. The molecule has 0 saturated carbocycles. The van der Waals surface area contributed by atoms with Gasteiger partial charge in [0.05, 0.1) is 11.7 Å². The van der Waals surface area contributed by atoms with E-state index < -0.39 is 17.7 Å². The Hall–Kier alpha value is -1.49. The van der Waals surface area contributed by atoms with Crippen LogP contribution in [0.1, 0.15) is 30.2 Å². The first-order chi connectivity index (χ1) is 9.99. The van der Waals surface area contributed by atoms with Crippen molar-refractivity contribution in [1.29, 1.82) is 0 Å². The van der Waals surface area contributed by atoms with E-state index in [2.05, 4.69) is 5.32 Å². The van der Waals surface area contributed by atoms with E-state index in [9.17, 15) is 13.9 Å². The third kappa shape index (κ3) is 4.00. The Bertz CT molecular complexity index is 601. The molecule has 0 spiro atoms. The first-order valence-electron chi connectivity index (χ1n) is 6.60. The van der Waals surface area contributed by atoms with Gasteiger partial charge >= 0.3 is 0 Å². The Labute approximate surface area is 127 Å². The second-order valence-electron chi connectivity index (χ2n) is 4.84. The van der Waals surface area contributed by atoms with Gasteiger partial charge in [0.1, 0.15) is 11.6 Å². The Morgan fingerprint density at radius 3 is 2.38 bits per heavy atom. The summed E-state index contributed by atoms with van der Waals surface area (Å²) in [4.78, 5) is 0. The minimum Gasteiger partial charge on any atom is -0.387 e. The summed E-state index contributed by atoms with van der Waals surface area (Å²) in [5.74, 6) is -1.50. The number of aliphatic hydroxyl groups excluding tert-OH is 1. The number of aliphatic hydroxyl groups is 1. The quantitative estimate of drug-likeness (QED) is 0.874. The van der Waals surface area contributed by atoms with Gasteiger partial charge < -0.3 is 10.4 Å². The van der Waals surface area contributed by atoms with Crippen molar-refractivity contribution >= 4 is 11.6 Å². The summed E-state index contributed by atoms with van der Waals surface area (Å²) in [6.07, 6.45) is -1.26. The Morgan fingerprint density at radius 2 is 1.76 bits per heavy atom. The molecule has 1 unspecified atom stereocenters. The predicted molar refractivity (Wildman–Crippen MR) is 79.2 cm³/mol. The van der Waals surface area contributed by atoms with Crippen LogP contribution in [-0.2, 0) is 0 Å². The van der Waals surface area contributed by atoms with Crippen LogP contribution >= 0.6 is 11.6 Å². The SMILES string of the molecule is C[C@H](NCC(O)c1c(F)cccc1F)c1cccc(Cl)c1. The maximum atomic E-state index is 13.6. The summed E-state index contributed by atoms with van der Waals surface area (Å²) in [6.45, 7) is 1.92. The summed E-state index contributed by atoms with van der Waals surface area (Å²) in [6, 6.07) is 10.7. The highest BCUT2D eigenvalue weighted by Gasteiger charge is 2.18. The van der Waals surface area contributed by atoms with Gasteiger partial charge in [-0.15, -0.1) is 0 Å². The van der Waals surface area contributed by atoms with Crippen LogP contribution in [0.5, 0.6) is 0 Å². The van der Waals surface area contributed by atoms with E-state index >= 15 is 0 Å². The lowest BCUT2D eigenvalue weighted by molar-refractivity contribution is 0.161. The highest BCUT2D eigenvalue weighted by atomic mass is 35.5. The van der Waals surface area contributed by atoms with Gasteiger partial charge in [0.15, 0.2) is 0 Å². The summed E-state index contributed by atoms with van der Waals surface area (Å²) in [5, 5.41) is 13.6. The summed E-state index contributed by atoms with van der Waals surface area (Å²) >= 11 is 5.91. The Kier molecular flexibility index (Phi) is 5.28. The number of hydrogen-bond donors (Lipinski definition) is 2. The average Bonchev–Trinajstić information content (AvgIpc) is 2.44. The molecule has 0 radical (unpaired) electrons. The molecule has 0 heterocycles. The molecule has 112 valence electrons. The molecule has 2 N–H and O–H groups in total. The second-order valence-corrected chi connectivity index (χ2v) is 5.27. The molecule has 5 heteroatoms. The van der Waals surface area contributed by atoms with E-state index in [1.165, 1.54) is 6.07 Å². The molecular formula is C16H16ClF2NO. The highest BCUT2D eigenvalue weighted by Crippen LogP contribution is 2.22. The molecule has 0 aliphatic carbocycles. The van der Waals surface area contributed by atoms with Crippen LogP contribution in [0.25, 0.3) is 0 Å². The third-order valence-electron chi connectivity index (χ3n) is 3.30. The molecule has 2 rings (SSSR count). The second kappa shape index (κ2) is 6.98. The van der Waals surface area contributed by atoms with Crippen molar-refractivity contribution in [2.24, 2.45) is 0 Å². The molecule has 0 bridgehead atoms. The van der Waals surface area contributed by atoms with E-state index in [0.717, 1.165) is 17.7 Å². The van der Waals surface area contributed by atoms with Gasteiger partial charge in [-0.1, -0.05) is 29.8 Å². The molecule has 0 fully saturated rings. The number of rotatable bonds is 5. The molecule has 0 saturated heterocycles. The molecule has 2 nitrogen and oxygen atoms in total. The van der Waals surface area contributed by atoms with Crippen molar-refractivity contribution in [2.45, 2.75) is 19.1 Å². The molecular weight excluding hydrogens is 296 g/mol. The van der Waals surface area contributed by atoms with Crippen LogP contribution < -0.4 is 5.32 Å². The summed E-state index contributed by atoms with van der Waals surface area (Å²) in [7, 11) is 0. The molecule has 2 atom stereocenters. The van der Waals surface area contributed by atoms with Gasteiger partial charge in [-0.25, -0.2) is 8.78 Å². The number of hydrogen-bond acceptors (Lipinski definition) is 2. The molecule has 0 aliphatic heterocycles. The Balaban J connectivity index is 2.02. The zero-order valence-electron chi connectivity index (χ0n) is 11.5. The topological polar surface area (TPSA) is 32.3 Å². The van der Waals surface area contributed by atoms with Crippen molar-refractivity contribution in [3.8, 4) is 0 Å². The monoisotopic (exact) mass is 311 g/mol. The molecule has 0 aromatic heterocycles. The standard InChI is InChI=1S/C16H16ClF2NO/c1-10(11-4-2-5-12(17)8-11)20-9-15(21)16-13(18)6-3-7-14(16)19/h2-8,10,15,20-21H,9H2,1H3/t10-,15?/m0/s1. The minimum atomic E-state index is -1.26. The van der Waals surface area contributed by atoms with Crippen molar-refractivity contribution < 1.29 is 13.9 Å². The van der Waals surface area contributed by atoms with Crippen molar-refractivity contribution in [2.75, 3.05) is 6.54 Å². The lowest BCUT2D eigenvalue weighted by Crippen LogP contribution is -2.25. The summed E-state index contributed by atoms with van der Waals surface area (Å²) in [5.41, 5.74) is 0.618. The van der Waals surface area contributed by atoms with E-state index in [1.807, 2.05) is 19.1 Å². The maximum Gasteiger partial charge on any atom is 0.131 e. The van der Waals surface area contributed by atoms with E-state index in [-0.39, 0.29) is 18.2 Å². The zero-order chi connectivity index (χ0) is 15.4. The molecule has 21 heavy (non-hydrogen) atoms. The van der Waals surface area contributed by atoms with Gasteiger partial charge in [0, 0.05) is 17.6 Å². The fourth-order valence-corrected chi connectivity index (χ4v) is 2.31. The van der Waals surface area contributed by atoms with Crippen LogP contribution in [0.15, 0.2) is 42.5 Å². The first-order valence-corrected chi connectivity index (χ1v) is 6.97. The fraction of sp³-hybridized carbons (Fsp3) is 0.250. The Morgan fingerprint density at radius 1 is 1.14 bits per heavy atom.